The molecule has 1 fully saturated rings. The predicted octanol–water partition coefficient (Wildman–Crippen LogP) is 1.20. The van der Waals surface area contributed by atoms with Crippen molar-refractivity contribution in [1.29, 1.82) is 0 Å². The molecule has 0 spiro atoms. The fourth-order valence-electron chi connectivity index (χ4n) is 2.20. The normalized spacial score (nSPS) is 18.9. The number of aliphatic carboxylic acids is 1. The van der Waals surface area contributed by atoms with Crippen molar-refractivity contribution in [3.05, 3.63) is 18.5 Å². The number of piperidine rings is 1. The fraction of sp³-hybridized carbons (Fsp3) is 0.500. The molecule has 1 atom stereocenters. The molecule has 19 heavy (non-hydrogen) atoms. The first kappa shape index (κ1) is 13.3. The quantitative estimate of drug-likeness (QED) is 0.855. The van der Waals surface area contributed by atoms with E-state index in [-0.39, 0.29) is 24.3 Å². The van der Waals surface area contributed by atoms with Crippen LogP contribution in [0, 0.1) is 5.92 Å². The second kappa shape index (κ2) is 6.12. The van der Waals surface area contributed by atoms with Gasteiger partial charge in [0.25, 0.3) is 0 Å². The summed E-state index contributed by atoms with van der Waals surface area (Å²) in [5, 5.41) is 11.4. The lowest BCUT2D eigenvalue weighted by atomic mass is 9.95. The van der Waals surface area contributed by atoms with Crippen LogP contribution in [0.2, 0.25) is 0 Å². The second-order valence-electron chi connectivity index (χ2n) is 4.55. The Morgan fingerprint density at radius 1 is 1.42 bits per heavy atom. The predicted molar refractivity (Wildman–Crippen MR) is 67.6 cm³/mol. The van der Waals surface area contributed by atoms with Crippen molar-refractivity contribution in [3.63, 3.8) is 0 Å². The first-order chi connectivity index (χ1) is 9.15. The average Bonchev–Trinajstić information content (AvgIpc) is 2.39. The summed E-state index contributed by atoms with van der Waals surface area (Å²) in [6.07, 6.45) is 4.86. The van der Waals surface area contributed by atoms with E-state index in [2.05, 4.69) is 15.3 Å². The number of urea groups is 1. The number of hydrogen-bond acceptors (Lipinski definition) is 4. The molecule has 102 valence electrons. The van der Waals surface area contributed by atoms with Gasteiger partial charge in [-0.1, -0.05) is 0 Å². The summed E-state index contributed by atoms with van der Waals surface area (Å²) in [6, 6.07) is 1.39. The lowest BCUT2D eigenvalue weighted by Crippen LogP contribution is -2.43. The van der Waals surface area contributed by atoms with Gasteiger partial charge in [-0.25, -0.2) is 14.8 Å². The van der Waals surface area contributed by atoms with Crippen molar-refractivity contribution >= 4 is 17.9 Å². The molecule has 2 rings (SSSR count). The Balaban J connectivity index is 1.90. The van der Waals surface area contributed by atoms with Crippen LogP contribution in [0.5, 0.6) is 0 Å². The lowest BCUT2D eigenvalue weighted by Gasteiger charge is -2.31. The lowest BCUT2D eigenvalue weighted by molar-refractivity contribution is -0.138. The maximum absolute atomic E-state index is 12.0. The monoisotopic (exact) mass is 264 g/mol. The number of rotatable bonds is 3. The highest BCUT2D eigenvalue weighted by molar-refractivity contribution is 5.87. The van der Waals surface area contributed by atoms with E-state index in [0.29, 0.717) is 13.1 Å². The van der Waals surface area contributed by atoms with Crippen LogP contribution in [0.3, 0.4) is 0 Å². The van der Waals surface area contributed by atoms with Gasteiger partial charge in [-0.05, 0) is 24.8 Å². The summed E-state index contributed by atoms with van der Waals surface area (Å²) in [5.41, 5.74) is 0. The third-order valence-electron chi connectivity index (χ3n) is 3.05. The molecule has 0 radical (unpaired) electrons. The molecule has 1 saturated heterocycles. The highest BCUT2D eigenvalue weighted by Crippen LogP contribution is 2.20. The molecule has 2 amide bonds. The van der Waals surface area contributed by atoms with Crippen LogP contribution in [0.4, 0.5) is 10.7 Å². The van der Waals surface area contributed by atoms with Crippen LogP contribution in [-0.2, 0) is 4.79 Å². The van der Waals surface area contributed by atoms with Crippen LogP contribution in [-0.4, -0.2) is 45.1 Å². The van der Waals surface area contributed by atoms with Crippen molar-refractivity contribution in [2.75, 3.05) is 18.4 Å². The number of nitrogens with one attached hydrogen (secondary N) is 1. The topological polar surface area (TPSA) is 95.4 Å². The highest BCUT2D eigenvalue weighted by Gasteiger charge is 2.25. The largest absolute Gasteiger partial charge is 0.481 e. The van der Waals surface area contributed by atoms with Crippen molar-refractivity contribution in [1.82, 2.24) is 14.9 Å². The van der Waals surface area contributed by atoms with E-state index in [4.69, 9.17) is 5.11 Å². The smallest absolute Gasteiger partial charge is 0.324 e. The standard InChI is InChI=1S/C12H16N4O3/c17-10(18)7-9-3-1-6-16(8-9)12(19)15-11-13-4-2-5-14-11/h2,4-5,9H,1,3,6-8H2,(H,17,18)(H,13,14,15,19). The zero-order valence-electron chi connectivity index (χ0n) is 10.5. The minimum Gasteiger partial charge on any atom is -0.481 e. The molecular formula is C12H16N4O3. The molecule has 0 saturated carbocycles. The minimum absolute atomic E-state index is 0.0219. The van der Waals surface area contributed by atoms with Gasteiger partial charge in [0.1, 0.15) is 0 Å². The third-order valence-corrected chi connectivity index (χ3v) is 3.05. The highest BCUT2D eigenvalue weighted by atomic mass is 16.4. The molecule has 7 nitrogen and oxygen atoms in total. The van der Waals surface area contributed by atoms with Crippen LogP contribution in [0.25, 0.3) is 0 Å². The van der Waals surface area contributed by atoms with Crippen LogP contribution in [0.1, 0.15) is 19.3 Å². The Bertz CT molecular complexity index is 452. The first-order valence-corrected chi connectivity index (χ1v) is 6.20. The number of hydrogen-bond donors (Lipinski definition) is 2. The number of aromatic nitrogens is 2. The molecule has 0 bridgehead atoms. The molecule has 7 heteroatoms. The summed E-state index contributed by atoms with van der Waals surface area (Å²) in [5.74, 6) is -0.541. The maximum atomic E-state index is 12.0. The van der Waals surface area contributed by atoms with Crippen LogP contribution >= 0.6 is 0 Å². The molecule has 0 aliphatic carbocycles. The van der Waals surface area contributed by atoms with E-state index < -0.39 is 5.97 Å². The van der Waals surface area contributed by atoms with Crippen molar-refractivity contribution < 1.29 is 14.7 Å². The third kappa shape index (κ3) is 3.90. The molecule has 1 unspecified atom stereocenters. The molecule has 2 heterocycles. The van der Waals surface area contributed by atoms with Gasteiger partial charge in [-0.15, -0.1) is 0 Å². The van der Waals surface area contributed by atoms with Crippen LogP contribution < -0.4 is 5.32 Å². The Morgan fingerprint density at radius 2 is 2.16 bits per heavy atom. The number of carboxylic acid groups (broad SMARTS) is 1. The van der Waals surface area contributed by atoms with Gasteiger partial charge < -0.3 is 10.0 Å². The van der Waals surface area contributed by atoms with Gasteiger partial charge in [-0.3, -0.25) is 10.1 Å². The number of likely N-dealkylation sites (tertiary alicyclic amines) is 1. The van der Waals surface area contributed by atoms with Gasteiger partial charge in [0, 0.05) is 31.9 Å². The van der Waals surface area contributed by atoms with Crippen LogP contribution in [0.15, 0.2) is 18.5 Å². The van der Waals surface area contributed by atoms with E-state index >= 15 is 0 Å². The van der Waals surface area contributed by atoms with E-state index in [9.17, 15) is 9.59 Å². The molecule has 1 aromatic rings. The average molecular weight is 264 g/mol. The molecule has 1 aliphatic heterocycles. The summed E-state index contributed by atoms with van der Waals surface area (Å²) >= 11 is 0. The zero-order valence-corrected chi connectivity index (χ0v) is 10.5. The van der Waals surface area contributed by atoms with Crippen molar-refractivity contribution in [3.8, 4) is 0 Å². The molecule has 0 aromatic carbocycles. The number of amides is 2. The van der Waals surface area contributed by atoms with Gasteiger partial charge >= 0.3 is 12.0 Å². The zero-order chi connectivity index (χ0) is 13.7. The summed E-state index contributed by atoms with van der Waals surface area (Å²) < 4.78 is 0. The number of carboxylic acids is 1. The van der Waals surface area contributed by atoms with Gasteiger partial charge in [-0.2, -0.15) is 0 Å². The van der Waals surface area contributed by atoms with Gasteiger partial charge in [0.2, 0.25) is 5.95 Å². The summed E-state index contributed by atoms with van der Waals surface area (Å²) in [7, 11) is 0. The van der Waals surface area contributed by atoms with E-state index in [1.807, 2.05) is 0 Å². The summed E-state index contributed by atoms with van der Waals surface area (Å²) in [6.45, 7) is 1.10. The SMILES string of the molecule is O=C(O)CC1CCCN(C(=O)Nc2ncccn2)C1. The molecule has 1 aliphatic rings. The number of nitrogens with zero attached hydrogens (tertiary/aromatic N) is 3. The van der Waals surface area contributed by atoms with E-state index in [1.165, 1.54) is 0 Å². The molecule has 1 aromatic heterocycles. The van der Waals surface area contributed by atoms with Gasteiger partial charge in [0.15, 0.2) is 0 Å². The Hall–Kier alpha value is -2.18. The van der Waals surface area contributed by atoms with E-state index in [1.54, 1.807) is 23.4 Å². The number of carbonyl (C=O) groups is 2. The van der Waals surface area contributed by atoms with Crippen molar-refractivity contribution in [2.45, 2.75) is 19.3 Å². The maximum Gasteiger partial charge on any atom is 0.324 e. The first-order valence-electron chi connectivity index (χ1n) is 6.20. The second-order valence-corrected chi connectivity index (χ2v) is 4.55. The Morgan fingerprint density at radius 3 is 2.84 bits per heavy atom. The number of anilines is 1. The number of carbonyl (C=O) groups excluding carboxylic acids is 1. The summed E-state index contributed by atoms with van der Waals surface area (Å²) in [4.78, 5) is 32.1. The Labute approximate surface area is 110 Å². The van der Waals surface area contributed by atoms with Gasteiger partial charge in [0.05, 0.1) is 0 Å². The molecule has 2 N–H and O–H groups in total. The fourth-order valence-corrected chi connectivity index (χ4v) is 2.20. The van der Waals surface area contributed by atoms with Crippen molar-refractivity contribution in [2.24, 2.45) is 5.92 Å². The minimum atomic E-state index is -0.821. The Kier molecular flexibility index (Phi) is 4.27. The van der Waals surface area contributed by atoms with E-state index in [0.717, 1.165) is 12.8 Å². The molecular weight excluding hydrogens is 248 g/mol.